The highest BCUT2D eigenvalue weighted by Gasteiger charge is 1.96. The number of benzene rings is 2. The summed E-state index contributed by atoms with van der Waals surface area (Å²) in [7, 11) is 0. The Bertz CT molecular complexity index is 653. The van der Waals surface area contributed by atoms with Crippen LogP contribution in [0.4, 0.5) is 0 Å². The van der Waals surface area contributed by atoms with E-state index in [0.29, 0.717) is 13.2 Å². The first-order chi connectivity index (χ1) is 13.8. The van der Waals surface area contributed by atoms with Crippen LogP contribution < -0.4 is 9.47 Å². The average molecular weight is 508 g/mol. The lowest BCUT2D eigenvalue weighted by Crippen LogP contribution is -1.97. The Balaban J connectivity index is 1.74. The van der Waals surface area contributed by atoms with Gasteiger partial charge in [-0.1, -0.05) is 31.9 Å². The van der Waals surface area contributed by atoms with Crippen LogP contribution in [-0.4, -0.2) is 36.3 Å². The Morgan fingerprint density at radius 1 is 0.714 bits per heavy atom. The monoisotopic (exact) mass is 506 g/mol. The van der Waals surface area contributed by atoms with E-state index in [1.807, 2.05) is 36.4 Å². The third kappa shape index (κ3) is 9.51. The van der Waals surface area contributed by atoms with E-state index in [9.17, 15) is 0 Å². The van der Waals surface area contributed by atoms with Gasteiger partial charge in [-0.3, -0.25) is 0 Å². The molecule has 0 amide bonds. The second-order valence-electron chi connectivity index (χ2n) is 5.94. The molecular formula is C22H24Br2N2O2. The van der Waals surface area contributed by atoms with Gasteiger partial charge in [-0.25, -0.2) is 0 Å². The molecule has 28 heavy (non-hydrogen) atoms. The summed E-state index contributed by atoms with van der Waals surface area (Å²) in [6, 6.07) is 17.6. The maximum atomic E-state index is 5.65. The Hall–Kier alpha value is -1.66. The van der Waals surface area contributed by atoms with Gasteiger partial charge in [0.1, 0.15) is 11.5 Å². The SMILES string of the molecule is BrCCCCOc1c[c]c(C=N/N=C/c2[c]cc(OCCCCBr)cc2)cc1. The van der Waals surface area contributed by atoms with Crippen LogP contribution in [-0.2, 0) is 0 Å². The molecule has 0 saturated heterocycles. The molecule has 6 heteroatoms. The van der Waals surface area contributed by atoms with Crippen molar-refractivity contribution in [2.24, 2.45) is 10.2 Å². The first-order valence-electron chi connectivity index (χ1n) is 9.29. The van der Waals surface area contributed by atoms with E-state index in [1.165, 1.54) is 0 Å². The van der Waals surface area contributed by atoms with E-state index >= 15 is 0 Å². The van der Waals surface area contributed by atoms with Gasteiger partial charge >= 0.3 is 0 Å². The summed E-state index contributed by atoms with van der Waals surface area (Å²) in [6.45, 7) is 1.43. The van der Waals surface area contributed by atoms with Gasteiger partial charge in [0.25, 0.3) is 0 Å². The van der Waals surface area contributed by atoms with Gasteiger partial charge in [-0.15, -0.1) is 0 Å². The van der Waals surface area contributed by atoms with E-state index in [-0.39, 0.29) is 0 Å². The van der Waals surface area contributed by atoms with Crippen molar-refractivity contribution in [2.45, 2.75) is 25.7 Å². The van der Waals surface area contributed by atoms with E-state index in [0.717, 1.165) is 59.0 Å². The zero-order valence-corrected chi connectivity index (χ0v) is 18.9. The normalized spacial score (nSPS) is 11.4. The third-order valence-corrected chi connectivity index (χ3v) is 4.79. The van der Waals surface area contributed by atoms with Crippen LogP contribution in [0.25, 0.3) is 0 Å². The molecule has 0 saturated carbocycles. The van der Waals surface area contributed by atoms with Crippen molar-refractivity contribution in [3.63, 3.8) is 0 Å². The van der Waals surface area contributed by atoms with E-state index in [2.05, 4.69) is 54.2 Å². The Kier molecular flexibility index (Phi) is 11.6. The smallest absolute Gasteiger partial charge is 0.119 e. The molecule has 148 valence electrons. The minimum absolute atomic E-state index is 0.717. The molecule has 2 aromatic rings. The molecule has 0 unspecified atom stereocenters. The molecule has 0 aliphatic rings. The second-order valence-corrected chi connectivity index (χ2v) is 7.52. The van der Waals surface area contributed by atoms with Crippen molar-refractivity contribution in [3.8, 4) is 11.5 Å². The maximum absolute atomic E-state index is 5.65. The number of nitrogens with zero attached hydrogens (tertiary/aromatic N) is 2. The van der Waals surface area contributed by atoms with Crippen LogP contribution in [0.5, 0.6) is 11.5 Å². The van der Waals surface area contributed by atoms with Gasteiger partial charge in [0.05, 0.1) is 25.6 Å². The maximum Gasteiger partial charge on any atom is 0.119 e. The highest BCUT2D eigenvalue weighted by atomic mass is 79.9. The number of alkyl halides is 2. The summed E-state index contributed by atoms with van der Waals surface area (Å²) >= 11 is 6.82. The molecule has 2 aromatic carbocycles. The van der Waals surface area contributed by atoms with Crippen LogP contribution in [0, 0.1) is 12.1 Å². The standard InChI is InChI=1S/C22H24Br2N2O2/c23-13-1-3-15-27-21-9-5-19(6-10-21)17-25-26-18-20-7-11-22(12-8-20)28-16-4-2-14-24/h5,7,9-12,17-18H,1-4,13-16H2/b25-17+,26-18?. The zero-order valence-electron chi connectivity index (χ0n) is 15.7. The summed E-state index contributed by atoms with van der Waals surface area (Å²) in [5.74, 6) is 1.64. The van der Waals surface area contributed by atoms with Gasteiger partial charge in [-0.2, -0.15) is 10.2 Å². The lowest BCUT2D eigenvalue weighted by molar-refractivity contribution is 0.310. The number of unbranched alkanes of at least 4 members (excludes halogenated alkanes) is 2. The number of ether oxygens (including phenoxy) is 2. The molecular weight excluding hydrogens is 484 g/mol. The molecule has 0 bridgehead atoms. The summed E-state index contributed by atoms with van der Waals surface area (Å²) in [4.78, 5) is 0. The molecule has 4 nitrogen and oxygen atoms in total. The van der Waals surface area contributed by atoms with Crippen molar-refractivity contribution < 1.29 is 9.47 Å². The second kappa shape index (κ2) is 14.4. The summed E-state index contributed by atoms with van der Waals surface area (Å²) in [5, 5.41) is 10.1. The number of hydrogen-bond acceptors (Lipinski definition) is 4. The quantitative estimate of drug-likeness (QED) is 0.148. The van der Waals surface area contributed by atoms with E-state index in [4.69, 9.17) is 9.47 Å². The summed E-state index contributed by atoms with van der Waals surface area (Å²) in [5.41, 5.74) is 1.70. The van der Waals surface area contributed by atoms with Gasteiger partial charge in [0, 0.05) is 21.8 Å². The highest BCUT2D eigenvalue weighted by Crippen LogP contribution is 2.12. The fraction of sp³-hybridized carbons (Fsp3) is 0.364. The third-order valence-electron chi connectivity index (χ3n) is 3.67. The zero-order chi connectivity index (χ0) is 19.9. The van der Waals surface area contributed by atoms with Crippen molar-refractivity contribution in [2.75, 3.05) is 23.9 Å². The van der Waals surface area contributed by atoms with Crippen LogP contribution >= 0.6 is 31.9 Å². The molecule has 0 fully saturated rings. The molecule has 0 aliphatic carbocycles. The van der Waals surface area contributed by atoms with Crippen LogP contribution in [0.1, 0.15) is 36.8 Å². The first-order valence-corrected chi connectivity index (χ1v) is 11.5. The highest BCUT2D eigenvalue weighted by molar-refractivity contribution is 9.09. The predicted molar refractivity (Wildman–Crippen MR) is 123 cm³/mol. The van der Waals surface area contributed by atoms with Crippen molar-refractivity contribution in [1.82, 2.24) is 0 Å². The summed E-state index contributed by atoms with van der Waals surface area (Å²) in [6.07, 6.45) is 7.60. The lowest BCUT2D eigenvalue weighted by atomic mass is 10.2. The number of hydrogen-bond donors (Lipinski definition) is 0. The fourth-order valence-corrected chi connectivity index (χ4v) is 2.94. The molecule has 0 spiro atoms. The predicted octanol–water partition coefficient (Wildman–Crippen LogP) is 5.85. The lowest BCUT2D eigenvalue weighted by Gasteiger charge is -2.05. The number of rotatable bonds is 13. The molecule has 0 heterocycles. The van der Waals surface area contributed by atoms with Crippen molar-refractivity contribution in [1.29, 1.82) is 0 Å². The average Bonchev–Trinajstić information content (AvgIpc) is 2.74. The Morgan fingerprint density at radius 3 is 1.54 bits per heavy atom. The van der Waals surface area contributed by atoms with Crippen molar-refractivity contribution in [3.05, 3.63) is 59.7 Å². The fourth-order valence-electron chi connectivity index (χ4n) is 2.15. The van der Waals surface area contributed by atoms with Crippen LogP contribution in [0.2, 0.25) is 0 Å². The minimum atomic E-state index is 0.717. The number of halogens is 2. The summed E-state index contributed by atoms with van der Waals surface area (Å²) < 4.78 is 11.3. The molecule has 0 aromatic heterocycles. The minimum Gasteiger partial charge on any atom is -0.494 e. The van der Waals surface area contributed by atoms with Crippen LogP contribution in [0.3, 0.4) is 0 Å². The van der Waals surface area contributed by atoms with Gasteiger partial charge in [0.2, 0.25) is 0 Å². The molecule has 2 radical (unpaired) electrons. The Labute approximate surface area is 184 Å². The molecule has 0 aliphatic heterocycles. The van der Waals surface area contributed by atoms with Crippen LogP contribution in [0.15, 0.2) is 46.6 Å². The first kappa shape index (κ1) is 22.6. The Morgan fingerprint density at radius 2 is 1.18 bits per heavy atom. The van der Waals surface area contributed by atoms with Gasteiger partial charge in [-0.05, 0) is 74.2 Å². The van der Waals surface area contributed by atoms with Gasteiger partial charge < -0.3 is 9.47 Å². The van der Waals surface area contributed by atoms with Gasteiger partial charge in [0.15, 0.2) is 0 Å². The molecule has 0 N–H and O–H groups in total. The largest absolute Gasteiger partial charge is 0.494 e. The van der Waals surface area contributed by atoms with Crippen molar-refractivity contribution >= 4 is 44.3 Å². The topological polar surface area (TPSA) is 43.2 Å². The molecule has 2 rings (SSSR count). The van der Waals surface area contributed by atoms with E-state index in [1.54, 1.807) is 12.4 Å². The molecule has 0 atom stereocenters. The van der Waals surface area contributed by atoms with E-state index < -0.39 is 0 Å².